The minimum Gasteiger partial charge on any atom is -0.444 e. The van der Waals surface area contributed by atoms with Gasteiger partial charge in [-0.15, -0.1) is 0 Å². The second-order valence-corrected chi connectivity index (χ2v) is 7.75. The molecule has 0 spiro atoms. The van der Waals surface area contributed by atoms with Crippen LogP contribution in [0.1, 0.15) is 47.5 Å². The molecule has 152 valence electrons. The van der Waals surface area contributed by atoms with Crippen molar-refractivity contribution in [3.63, 3.8) is 0 Å². The summed E-state index contributed by atoms with van der Waals surface area (Å²) in [5.74, 6) is -1.07. The molecule has 0 aromatic heterocycles. The van der Waals surface area contributed by atoms with Crippen molar-refractivity contribution in [2.24, 2.45) is 5.92 Å². The third-order valence-electron chi connectivity index (χ3n) is 3.79. The first-order valence-electron chi connectivity index (χ1n) is 9.10. The Bertz CT molecular complexity index is 617. The number of amides is 3. The van der Waals surface area contributed by atoms with E-state index in [4.69, 9.17) is 4.74 Å². The Labute approximate surface area is 160 Å². The van der Waals surface area contributed by atoms with Gasteiger partial charge in [0.25, 0.3) is 0 Å². The van der Waals surface area contributed by atoms with Gasteiger partial charge in [-0.05, 0) is 51.2 Å². The van der Waals surface area contributed by atoms with Crippen LogP contribution in [0, 0.1) is 5.92 Å². The van der Waals surface area contributed by atoms with E-state index in [1.54, 1.807) is 40.7 Å². The number of aliphatic hydroxyl groups excluding tert-OH is 1. The topological polar surface area (TPSA) is 117 Å². The number of rotatable bonds is 7. The molecule has 1 aliphatic carbocycles. The summed E-state index contributed by atoms with van der Waals surface area (Å²) in [7, 11) is 0. The molecular formula is C19H31N3O5. The van der Waals surface area contributed by atoms with Crippen molar-refractivity contribution >= 4 is 17.9 Å². The summed E-state index contributed by atoms with van der Waals surface area (Å²) in [6, 6.07) is -0.825. The predicted octanol–water partition coefficient (Wildman–Crippen LogP) is 1.36. The lowest BCUT2D eigenvalue weighted by Gasteiger charge is -2.25. The molecule has 0 bridgehead atoms. The van der Waals surface area contributed by atoms with E-state index in [-0.39, 0.29) is 19.1 Å². The van der Waals surface area contributed by atoms with E-state index in [9.17, 15) is 19.5 Å². The van der Waals surface area contributed by atoms with Crippen LogP contribution in [-0.4, -0.2) is 47.8 Å². The number of alkyl carbamates (subject to hydrolysis) is 1. The molecule has 0 radical (unpaired) electrons. The lowest BCUT2D eigenvalue weighted by molar-refractivity contribution is -0.127. The molecule has 27 heavy (non-hydrogen) atoms. The van der Waals surface area contributed by atoms with E-state index in [1.807, 2.05) is 6.08 Å². The number of hydrogen-bond acceptors (Lipinski definition) is 5. The molecule has 0 aromatic rings. The van der Waals surface area contributed by atoms with Gasteiger partial charge in [0.2, 0.25) is 11.8 Å². The van der Waals surface area contributed by atoms with Crippen LogP contribution < -0.4 is 16.0 Å². The van der Waals surface area contributed by atoms with E-state index in [2.05, 4.69) is 16.0 Å². The predicted molar refractivity (Wildman–Crippen MR) is 102 cm³/mol. The normalized spacial score (nSPS) is 15.4. The molecule has 0 saturated carbocycles. The van der Waals surface area contributed by atoms with Crippen LogP contribution in [0.25, 0.3) is 0 Å². The fraction of sp³-hybridized carbons (Fsp3) is 0.632. The standard InChI is InChI=1S/C19H31N3O5/c1-12(2)16(22-18(26)27-19(3,4)5)17(25)20-10-15(24)21-14-9-7-6-8-13(14)11-23/h7,9,12,16,23H,6,8,10-11H2,1-5H3,(H,20,25)(H,21,24)(H,22,26). The van der Waals surface area contributed by atoms with Gasteiger partial charge < -0.3 is 25.8 Å². The summed E-state index contributed by atoms with van der Waals surface area (Å²) in [6.07, 6.45) is 4.47. The smallest absolute Gasteiger partial charge is 0.408 e. The maximum Gasteiger partial charge on any atom is 0.408 e. The van der Waals surface area contributed by atoms with Crippen molar-refractivity contribution in [1.29, 1.82) is 0 Å². The summed E-state index contributed by atoms with van der Waals surface area (Å²) in [4.78, 5) is 36.4. The summed E-state index contributed by atoms with van der Waals surface area (Å²) < 4.78 is 5.17. The molecule has 1 aliphatic rings. The highest BCUT2D eigenvalue weighted by Crippen LogP contribution is 2.16. The first-order valence-corrected chi connectivity index (χ1v) is 9.10. The largest absolute Gasteiger partial charge is 0.444 e. The Morgan fingerprint density at radius 1 is 1.26 bits per heavy atom. The molecule has 1 atom stereocenters. The number of carbonyl (C=O) groups excluding carboxylic acids is 3. The van der Waals surface area contributed by atoms with Gasteiger partial charge in [0.1, 0.15) is 11.6 Å². The van der Waals surface area contributed by atoms with Crippen LogP contribution in [-0.2, 0) is 14.3 Å². The highest BCUT2D eigenvalue weighted by atomic mass is 16.6. The van der Waals surface area contributed by atoms with Gasteiger partial charge in [0, 0.05) is 5.70 Å². The van der Waals surface area contributed by atoms with Crippen molar-refractivity contribution in [2.75, 3.05) is 13.2 Å². The quantitative estimate of drug-likeness (QED) is 0.531. The van der Waals surface area contributed by atoms with Crippen molar-refractivity contribution in [3.8, 4) is 0 Å². The van der Waals surface area contributed by atoms with E-state index < -0.39 is 29.6 Å². The summed E-state index contributed by atoms with van der Waals surface area (Å²) >= 11 is 0. The fourth-order valence-electron chi connectivity index (χ4n) is 2.45. The van der Waals surface area contributed by atoms with Gasteiger partial charge in [-0.1, -0.05) is 19.9 Å². The maximum atomic E-state index is 12.4. The van der Waals surface area contributed by atoms with Gasteiger partial charge in [0.15, 0.2) is 0 Å². The van der Waals surface area contributed by atoms with Crippen LogP contribution in [0.15, 0.2) is 23.4 Å². The van der Waals surface area contributed by atoms with E-state index in [0.717, 1.165) is 12.0 Å². The fourth-order valence-corrected chi connectivity index (χ4v) is 2.45. The molecule has 8 heteroatoms. The zero-order valence-electron chi connectivity index (χ0n) is 16.7. The average Bonchev–Trinajstić information content (AvgIpc) is 2.56. The number of ether oxygens (including phenoxy) is 1. The zero-order valence-corrected chi connectivity index (χ0v) is 16.7. The number of carbonyl (C=O) groups is 3. The molecule has 0 fully saturated rings. The molecule has 8 nitrogen and oxygen atoms in total. The first-order chi connectivity index (χ1) is 12.5. The molecule has 0 aromatic carbocycles. The lowest BCUT2D eigenvalue weighted by Crippen LogP contribution is -2.52. The Hall–Kier alpha value is -2.35. The average molecular weight is 381 g/mol. The molecule has 0 heterocycles. The molecule has 0 saturated heterocycles. The monoisotopic (exact) mass is 381 g/mol. The number of nitrogens with one attached hydrogen (secondary N) is 3. The maximum absolute atomic E-state index is 12.4. The Morgan fingerprint density at radius 2 is 1.93 bits per heavy atom. The first kappa shape index (κ1) is 22.7. The highest BCUT2D eigenvalue weighted by molar-refractivity contribution is 5.90. The van der Waals surface area contributed by atoms with Crippen molar-refractivity contribution in [1.82, 2.24) is 16.0 Å². The van der Waals surface area contributed by atoms with Crippen LogP contribution >= 0.6 is 0 Å². The van der Waals surface area contributed by atoms with E-state index in [0.29, 0.717) is 12.1 Å². The van der Waals surface area contributed by atoms with Crippen molar-refractivity contribution < 1.29 is 24.2 Å². The van der Waals surface area contributed by atoms with E-state index in [1.165, 1.54) is 0 Å². The third kappa shape index (κ3) is 8.25. The summed E-state index contributed by atoms with van der Waals surface area (Å²) in [5.41, 5.74) is 0.646. The minimum atomic E-state index is -0.825. The van der Waals surface area contributed by atoms with Crippen molar-refractivity contribution in [3.05, 3.63) is 23.4 Å². The molecule has 3 amide bonds. The highest BCUT2D eigenvalue weighted by Gasteiger charge is 2.27. The Kier molecular flexibility index (Phi) is 8.49. The zero-order chi connectivity index (χ0) is 20.6. The van der Waals surface area contributed by atoms with Gasteiger partial charge in [-0.3, -0.25) is 9.59 Å². The summed E-state index contributed by atoms with van der Waals surface area (Å²) in [5, 5.41) is 17.1. The van der Waals surface area contributed by atoms with Crippen LogP contribution in [0.5, 0.6) is 0 Å². The molecule has 0 aliphatic heterocycles. The van der Waals surface area contributed by atoms with Gasteiger partial charge in [-0.2, -0.15) is 0 Å². The van der Waals surface area contributed by atoms with Gasteiger partial charge in [-0.25, -0.2) is 4.79 Å². The van der Waals surface area contributed by atoms with Crippen molar-refractivity contribution in [2.45, 2.75) is 59.1 Å². The number of allylic oxidation sites excluding steroid dienone is 2. The number of hydrogen-bond donors (Lipinski definition) is 4. The molecular weight excluding hydrogens is 350 g/mol. The third-order valence-corrected chi connectivity index (χ3v) is 3.79. The van der Waals surface area contributed by atoms with Crippen LogP contribution in [0.3, 0.4) is 0 Å². The van der Waals surface area contributed by atoms with Gasteiger partial charge in [0.05, 0.1) is 13.2 Å². The van der Waals surface area contributed by atoms with Crippen LogP contribution in [0.4, 0.5) is 4.79 Å². The second kappa shape index (κ2) is 10.1. The van der Waals surface area contributed by atoms with Gasteiger partial charge >= 0.3 is 6.09 Å². The second-order valence-electron chi connectivity index (χ2n) is 7.75. The minimum absolute atomic E-state index is 0.123. The SMILES string of the molecule is CC(C)C(NC(=O)OC(C)(C)C)C(=O)NCC(=O)NC1=C(CO)CCC=C1. The lowest BCUT2D eigenvalue weighted by atomic mass is 10.0. The Balaban J connectivity index is 2.59. The molecule has 1 unspecified atom stereocenters. The molecule has 1 rings (SSSR count). The summed E-state index contributed by atoms with van der Waals surface area (Å²) in [6.45, 7) is 8.40. The van der Waals surface area contributed by atoms with Crippen LogP contribution in [0.2, 0.25) is 0 Å². The van der Waals surface area contributed by atoms with E-state index >= 15 is 0 Å². The number of aliphatic hydroxyl groups is 1. The Morgan fingerprint density at radius 3 is 2.48 bits per heavy atom. The molecule has 4 N–H and O–H groups in total.